The van der Waals surface area contributed by atoms with Crippen molar-refractivity contribution in [2.75, 3.05) is 11.9 Å². The fourth-order valence-corrected chi connectivity index (χ4v) is 2.64. The average molecular weight is 397 g/mol. The molecule has 8 heteroatoms. The summed E-state index contributed by atoms with van der Waals surface area (Å²) in [4.78, 5) is 24.1. The van der Waals surface area contributed by atoms with Gasteiger partial charge < -0.3 is 14.5 Å². The van der Waals surface area contributed by atoms with Crippen LogP contribution in [0.25, 0.3) is 11.5 Å². The van der Waals surface area contributed by atoms with Gasteiger partial charge >= 0.3 is 5.97 Å². The van der Waals surface area contributed by atoms with E-state index in [4.69, 9.17) is 21.4 Å². The number of ether oxygens (including phenoxy) is 1. The predicted molar refractivity (Wildman–Crippen MR) is 107 cm³/mol. The number of nitrogens with zero attached hydrogens (tertiary/aromatic N) is 2. The lowest BCUT2D eigenvalue weighted by Gasteiger charge is -2.06. The third kappa shape index (κ3) is 4.72. The maximum atomic E-state index is 12.3. The molecule has 0 radical (unpaired) electrons. The minimum absolute atomic E-state index is 0.0895. The summed E-state index contributed by atoms with van der Waals surface area (Å²) < 4.78 is 11.7. The van der Waals surface area contributed by atoms with E-state index in [1.807, 2.05) is 31.2 Å². The van der Waals surface area contributed by atoms with Gasteiger partial charge in [-0.15, -0.1) is 5.10 Å². The van der Waals surface area contributed by atoms with Crippen LogP contribution in [0, 0.1) is 11.8 Å². The lowest BCUT2D eigenvalue weighted by molar-refractivity contribution is -0.117. The molecule has 1 aromatic heterocycles. The zero-order valence-corrected chi connectivity index (χ0v) is 16.3. The minimum Gasteiger partial charge on any atom is -0.462 e. The highest BCUT2D eigenvalue weighted by molar-refractivity contribution is 7.71. The van der Waals surface area contributed by atoms with E-state index in [0.717, 1.165) is 11.1 Å². The Kier molecular flexibility index (Phi) is 6.00. The number of hydrogen-bond acceptors (Lipinski definition) is 6. The van der Waals surface area contributed by atoms with Crippen LogP contribution >= 0.6 is 12.2 Å². The topological polar surface area (TPSA) is 86.4 Å². The normalized spacial score (nSPS) is 10.5. The maximum absolute atomic E-state index is 12.3. The zero-order chi connectivity index (χ0) is 20.1. The molecule has 0 bridgehead atoms. The fourth-order valence-electron chi connectivity index (χ4n) is 2.46. The van der Waals surface area contributed by atoms with Gasteiger partial charge in [0.25, 0.3) is 4.84 Å². The average Bonchev–Trinajstić information content (AvgIpc) is 3.03. The molecule has 0 aliphatic heterocycles. The summed E-state index contributed by atoms with van der Waals surface area (Å²) in [5, 5.41) is 7.01. The Labute approximate surface area is 166 Å². The maximum Gasteiger partial charge on any atom is 0.338 e. The molecule has 1 amide bonds. The monoisotopic (exact) mass is 397 g/mol. The van der Waals surface area contributed by atoms with Crippen molar-refractivity contribution < 1.29 is 18.7 Å². The molecule has 0 unspecified atom stereocenters. The molecule has 0 aliphatic rings. The molecule has 28 heavy (non-hydrogen) atoms. The molecule has 3 aromatic rings. The number of aryl methyl sites for hydroxylation is 1. The number of aromatic nitrogens is 2. The van der Waals surface area contributed by atoms with Crippen LogP contribution in [0.3, 0.4) is 0 Å². The largest absolute Gasteiger partial charge is 0.462 e. The molecule has 0 atom stereocenters. The number of carbonyl (C=O) groups excluding carboxylic acids is 2. The molecular formula is C20H19N3O4S. The first kappa shape index (κ1) is 19.5. The van der Waals surface area contributed by atoms with E-state index in [2.05, 4.69) is 10.4 Å². The molecule has 1 N–H and O–H groups in total. The van der Waals surface area contributed by atoms with Gasteiger partial charge in [0.1, 0.15) is 6.54 Å². The summed E-state index contributed by atoms with van der Waals surface area (Å²) in [7, 11) is 0. The highest BCUT2D eigenvalue weighted by Gasteiger charge is 2.12. The number of benzene rings is 2. The standard InChI is InChI=1S/C20H19N3O4S/c1-3-26-19(25)15-8-10-16(11-9-15)21-17(24)12-23-20(28)27-18(22-23)14-6-4-13(2)5-7-14/h4-11H,3,12H2,1-2H3,(H,21,24). The Bertz CT molecular complexity index is 1040. The van der Waals surface area contributed by atoms with Crippen molar-refractivity contribution >= 4 is 29.8 Å². The number of esters is 1. The molecule has 2 aromatic carbocycles. The Morgan fingerprint density at radius 2 is 1.82 bits per heavy atom. The predicted octanol–water partition coefficient (Wildman–Crippen LogP) is 4.00. The second-order valence-corrected chi connectivity index (χ2v) is 6.39. The van der Waals surface area contributed by atoms with E-state index in [9.17, 15) is 9.59 Å². The van der Waals surface area contributed by atoms with Crippen molar-refractivity contribution in [1.29, 1.82) is 0 Å². The highest BCUT2D eigenvalue weighted by Crippen LogP contribution is 2.18. The summed E-state index contributed by atoms with van der Waals surface area (Å²) in [6.45, 7) is 3.95. The summed E-state index contributed by atoms with van der Waals surface area (Å²) in [5.74, 6) is -0.363. The van der Waals surface area contributed by atoms with Gasteiger partial charge in [-0.25, -0.2) is 9.48 Å². The first-order chi connectivity index (χ1) is 13.5. The van der Waals surface area contributed by atoms with Gasteiger partial charge in [-0.2, -0.15) is 0 Å². The Morgan fingerprint density at radius 3 is 2.46 bits per heavy atom. The lowest BCUT2D eigenvalue weighted by atomic mass is 10.1. The number of carbonyl (C=O) groups is 2. The van der Waals surface area contributed by atoms with Crippen LogP contribution in [0.1, 0.15) is 22.8 Å². The smallest absolute Gasteiger partial charge is 0.338 e. The second kappa shape index (κ2) is 8.62. The zero-order valence-electron chi connectivity index (χ0n) is 15.5. The molecule has 7 nitrogen and oxygen atoms in total. The van der Waals surface area contributed by atoms with Crippen LogP contribution in [0.15, 0.2) is 52.9 Å². The van der Waals surface area contributed by atoms with E-state index < -0.39 is 5.97 Å². The number of rotatable bonds is 6. The SMILES string of the molecule is CCOC(=O)c1ccc(NC(=O)Cn2nc(-c3ccc(C)cc3)oc2=S)cc1. The van der Waals surface area contributed by atoms with Crippen molar-refractivity contribution in [3.05, 3.63) is 64.5 Å². The molecule has 3 rings (SSSR count). The van der Waals surface area contributed by atoms with Crippen LogP contribution in [0.2, 0.25) is 0 Å². The van der Waals surface area contributed by atoms with E-state index in [-0.39, 0.29) is 17.3 Å². The van der Waals surface area contributed by atoms with Crippen LogP contribution in [-0.4, -0.2) is 28.3 Å². The van der Waals surface area contributed by atoms with Gasteiger partial charge in [-0.1, -0.05) is 17.7 Å². The van der Waals surface area contributed by atoms with Gasteiger partial charge in [-0.3, -0.25) is 4.79 Å². The Morgan fingerprint density at radius 1 is 1.14 bits per heavy atom. The van der Waals surface area contributed by atoms with Gasteiger partial charge in [0.15, 0.2) is 0 Å². The summed E-state index contributed by atoms with van der Waals surface area (Å²) in [5.41, 5.74) is 2.87. The molecule has 0 aliphatic carbocycles. The second-order valence-electron chi connectivity index (χ2n) is 6.04. The molecule has 0 saturated carbocycles. The van der Waals surface area contributed by atoms with Crippen LogP contribution in [0.5, 0.6) is 0 Å². The lowest BCUT2D eigenvalue weighted by Crippen LogP contribution is -2.19. The number of anilines is 1. The first-order valence-electron chi connectivity index (χ1n) is 8.68. The highest BCUT2D eigenvalue weighted by atomic mass is 32.1. The van der Waals surface area contributed by atoms with Crippen LogP contribution in [0.4, 0.5) is 5.69 Å². The molecule has 0 fully saturated rings. The first-order valence-corrected chi connectivity index (χ1v) is 9.09. The van der Waals surface area contributed by atoms with Crippen molar-refractivity contribution in [3.63, 3.8) is 0 Å². The Hall–Kier alpha value is -3.26. The van der Waals surface area contributed by atoms with Crippen molar-refractivity contribution in [3.8, 4) is 11.5 Å². The third-order valence-corrected chi connectivity index (χ3v) is 4.17. The van der Waals surface area contributed by atoms with E-state index >= 15 is 0 Å². The fraction of sp³-hybridized carbons (Fsp3) is 0.200. The number of nitrogens with one attached hydrogen (secondary N) is 1. The minimum atomic E-state index is -0.405. The number of amides is 1. The van der Waals surface area contributed by atoms with Gasteiger partial charge in [-0.05, 0) is 62.5 Å². The van der Waals surface area contributed by atoms with Crippen LogP contribution < -0.4 is 5.32 Å². The number of hydrogen-bond donors (Lipinski definition) is 1. The summed E-state index contributed by atoms with van der Waals surface area (Å²) >= 11 is 5.15. The molecule has 1 heterocycles. The van der Waals surface area contributed by atoms with Gasteiger partial charge in [0.05, 0.1) is 12.2 Å². The third-order valence-electron chi connectivity index (χ3n) is 3.88. The van der Waals surface area contributed by atoms with Gasteiger partial charge in [0.2, 0.25) is 11.8 Å². The van der Waals surface area contributed by atoms with Crippen molar-refractivity contribution in [1.82, 2.24) is 9.78 Å². The molecular weight excluding hydrogens is 378 g/mol. The molecule has 144 valence electrons. The van der Waals surface area contributed by atoms with Gasteiger partial charge in [0, 0.05) is 11.3 Å². The Balaban J connectivity index is 1.66. The van der Waals surface area contributed by atoms with E-state index in [0.29, 0.717) is 23.7 Å². The molecule has 0 spiro atoms. The van der Waals surface area contributed by atoms with E-state index in [1.54, 1.807) is 31.2 Å². The quantitative estimate of drug-likeness (QED) is 0.500. The molecule has 0 saturated heterocycles. The summed E-state index contributed by atoms with van der Waals surface area (Å²) in [6.07, 6.45) is 0. The van der Waals surface area contributed by atoms with E-state index in [1.165, 1.54) is 4.68 Å². The van der Waals surface area contributed by atoms with Crippen molar-refractivity contribution in [2.45, 2.75) is 20.4 Å². The van der Waals surface area contributed by atoms with Crippen LogP contribution in [-0.2, 0) is 16.1 Å². The van der Waals surface area contributed by atoms with Crippen molar-refractivity contribution in [2.24, 2.45) is 0 Å². The summed E-state index contributed by atoms with van der Waals surface area (Å²) in [6, 6.07) is 14.1.